The highest BCUT2D eigenvalue weighted by Crippen LogP contribution is 2.42. The van der Waals surface area contributed by atoms with Crippen LogP contribution in [0.5, 0.6) is 5.75 Å². The fourth-order valence-electron chi connectivity index (χ4n) is 2.41. The molecule has 2 aromatic carbocycles. The first-order valence-corrected chi connectivity index (χ1v) is 6.14. The second-order valence-corrected chi connectivity index (χ2v) is 4.68. The van der Waals surface area contributed by atoms with Gasteiger partial charge in [-0.3, -0.25) is 0 Å². The Bertz CT molecular complexity index is 637. The molecule has 20 heavy (non-hydrogen) atoms. The Morgan fingerprint density at radius 3 is 2.45 bits per heavy atom. The van der Waals surface area contributed by atoms with E-state index in [2.05, 4.69) is 0 Å². The maximum atomic E-state index is 13.7. The molecule has 0 fully saturated rings. The van der Waals surface area contributed by atoms with Crippen LogP contribution in [0, 0.1) is 17.5 Å². The van der Waals surface area contributed by atoms with Crippen molar-refractivity contribution in [3.8, 4) is 5.75 Å². The zero-order chi connectivity index (χ0) is 14.3. The average molecular weight is 280 g/mol. The van der Waals surface area contributed by atoms with Gasteiger partial charge in [0.1, 0.15) is 29.3 Å². The zero-order valence-corrected chi connectivity index (χ0v) is 10.3. The van der Waals surface area contributed by atoms with Crippen LogP contribution in [-0.2, 0) is 0 Å². The predicted octanol–water partition coefficient (Wildman–Crippen LogP) is 3.66. The summed E-state index contributed by atoms with van der Waals surface area (Å²) >= 11 is 0. The number of halogens is 3. The second kappa shape index (κ2) is 4.83. The first-order valence-electron chi connectivity index (χ1n) is 6.14. The summed E-state index contributed by atoms with van der Waals surface area (Å²) in [6.07, 6.45) is -2.00. The largest absolute Gasteiger partial charge is 0.485 e. The van der Waals surface area contributed by atoms with Gasteiger partial charge in [0.25, 0.3) is 0 Å². The number of rotatable bonds is 1. The molecule has 0 amide bonds. The highest BCUT2D eigenvalue weighted by Gasteiger charge is 2.31. The molecule has 1 N–H and O–H groups in total. The summed E-state index contributed by atoms with van der Waals surface area (Å²) in [6, 6.07) is 7.21. The van der Waals surface area contributed by atoms with E-state index in [1.54, 1.807) is 0 Å². The maximum absolute atomic E-state index is 13.7. The van der Waals surface area contributed by atoms with Crippen LogP contribution in [0.3, 0.4) is 0 Å². The quantitative estimate of drug-likeness (QED) is 0.863. The molecule has 2 aromatic rings. The molecule has 0 saturated carbocycles. The number of ether oxygens (including phenoxy) is 1. The van der Waals surface area contributed by atoms with E-state index in [9.17, 15) is 18.3 Å². The van der Waals surface area contributed by atoms with Crippen molar-refractivity contribution in [3.05, 3.63) is 65.0 Å². The third-order valence-corrected chi connectivity index (χ3v) is 3.36. The van der Waals surface area contributed by atoms with Crippen molar-refractivity contribution in [3.63, 3.8) is 0 Å². The molecular weight excluding hydrogens is 269 g/mol. The molecule has 2 nitrogen and oxygen atoms in total. The summed E-state index contributed by atoms with van der Waals surface area (Å²) in [5.41, 5.74) is 0.0690. The van der Waals surface area contributed by atoms with E-state index in [0.29, 0.717) is 0 Å². The van der Waals surface area contributed by atoms with Gasteiger partial charge >= 0.3 is 0 Å². The van der Waals surface area contributed by atoms with Gasteiger partial charge in [-0.25, -0.2) is 13.2 Å². The van der Waals surface area contributed by atoms with E-state index in [4.69, 9.17) is 4.74 Å². The fourth-order valence-corrected chi connectivity index (χ4v) is 2.41. The molecule has 1 heterocycles. The van der Waals surface area contributed by atoms with Gasteiger partial charge in [0, 0.05) is 12.0 Å². The number of benzene rings is 2. The minimum absolute atomic E-state index is 0.0334. The lowest BCUT2D eigenvalue weighted by Gasteiger charge is -2.30. The summed E-state index contributed by atoms with van der Waals surface area (Å²) in [5, 5.41) is 10.0. The highest BCUT2D eigenvalue weighted by molar-refractivity contribution is 5.39. The average Bonchev–Trinajstić information content (AvgIpc) is 2.39. The van der Waals surface area contributed by atoms with Crippen molar-refractivity contribution in [1.29, 1.82) is 0 Å². The smallest absolute Gasteiger partial charge is 0.133 e. The van der Waals surface area contributed by atoms with Gasteiger partial charge in [-0.1, -0.05) is 6.07 Å². The topological polar surface area (TPSA) is 29.5 Å². The number of fused-ring (bicyclic) bond motifs is 1. The molecule has 0 bridgehead atoms. The van der Waals surface area contributed by atoms with Crippen LogP contribution in [0.1, 0.15) is 29.8 Å². The first-order chi connectivity index (χ1) is 9.56. The number of aliphatic hydroxyl groups is 1. The Morgan fingerprint density at radius 2 is 1.75 bits per heavy atom. The minimum Gasteiger partial charge on any atom is -0.485 e. The molecular formula is C15H11F3O2. The summed E-state index contributed by atoms with van der Waals surface area (Å²) in [6.45, 7) is 0. The van der Waals surface area contributed by atoms with E-state index >= 15 is 0 Å². The van der Waals surface area contributed by atoms with Crippen molar-refractivity contribution in [1.82, 2.24) is 0 Å². The second-order valence-electron chi connectivity index (χ2n) is 4.68. The van der Waals surface area contributed by atoms with Gasteiger partial charge in [0.05, 0.1) is 11.7 Å². The molecule has 2 unspecified atom stereocenters. The molecule has 0 saturated heterocycles. The molecule has 3 rings (SSSR count). The molecule has 1 aliphatic heterocycles. The van der Waals surface area contributed by atoms with Gasteiger partial charge in [0.2, 0.25) is 0 Å². The van der Waals surface area contributed by atoms with Crippen LogP contribution < -0.4 is 4.74 Å². The predicted molar refractivity (Wildman–Crippen MR) is 65.7 cm³/mol. The molecule has 0 aliphatic carbocycles. The molecule has 0 spiro atoms. The summed E-state index contributed by atoms with van der Waals surface area (Å²) in [4.78, 5) is 0. The van der Waals surface area contributed by atoms with E-state index in [-0.39, 0.29) is 23.3 Å². The lowest BCUT2D eigenvalue weighted by atomic mass is 9.94. The lowest BCUT2D eigenvalue weighted by molar-refractivity contribution is 0.0617. The Morgan fingerprint density at radius 1 is 1.05 bits per heavy atom. The van der Waals surface area contributed by atoms with Gasteiger partial charge < -0.3 is 9.84 Å². The van der Waals surface area contributed by atoms with Crippen LogP contribution in [0.25, 0.3) is 0 Å². The van der Waals surface area contributed by atoms with Crippen molar-refractivity contribution in [2.24, 2.45) is 0 Å². The zero-order valence-electron chi connectivity index (χ0n) is 10.3. The molecule has 0 aromatic heterocycles. The molecule has 0 radical (unpaired) electrons. The van der Waals surface area contributed by atoms with Crippen molar-refractivity contribution >= 4 is 0 Å². The number of hydrogen-bond acceptors (Lipinski definition) is 2. The Labute approximate surface area is 113 Å². The Balaban J connectivity index is 2.01. The molecule has 1 aliphatic rings. The standard InChI is InChI=1S/C15H11F3O2/c16-8-4-5-13-9(6-8)12(19)7-14(20-13)15-10(17)2-1-3-11(15)18/h1-6,12,14,19H,7H2. The van der Waals surface area contributed by atoms with Crippen LogP contribution in [0.15, 0.2) is 36.4 Å². The van der Waals surface area contributed by atoms with Gasteiger partial charge in [-0.05, 0) is 30.3 Å². The monoisotopic (exact) mass is 280 g/mol. The minimum atomic E-state index is -1.03. The number of hydrogen-bond donors (Lipinski definition) is 1. The van der Waals surface area contributed by atoms with Gasteiger partial charge in [-0.15, -0.1) is 0 Å². The van der Waals surface area contributed by atoms with Crippen molar-refractivity contribution in [2.45, 2.75) is 18.6 Å². The van der Waals surface area contributed by atoms with Gasteiger partial charge in [0.15, 0.2) is 0 Å². The summed E-state index contributed by atoms with van der Waals surface area (Å²) in [5.74, 6) is -1.72. The van der Waals surface area contributed by atoms with Crippen molar-refractivity contribution in [2.75, 3.05) is 0 Å². The molecule has 104 valence electrons. The van der Waals surface area contributed by atoms with Crippen LogP contribution in [-0.4, -0.2) is 5.11 Å². The van der Waals surface area contributed by atoms with E-state index < -0.39 is 29.7 Å². The highest BCUT2D eigenvalue weighted by atomic mass is 19.1. The van der Waals surface area contributed by atoms with Crippen LogP contribution >= 0.6 is 0 Å². The SMILES string of the molecule is OC1CC(c2c(F)cccc2F)Oc2ccc(F)cc21. The Kier molecular flexibility index (Phi) is 3.14. The third kappa shape index (κ3) is 2.14. The summed E-state index contributed by atoms with van der Waals surface area (Å²) in [7, 11) is 0. The first kappa shape index (κ1) is 13.0. The number of aliphatic hydroxyl groups excluding tert-OH is 1. The fraction of sp³-hybridized carbons (Fsp3) is 0.200. The summed E-state index contributed by atoms with van der Waals surface area (Å²) < 4.78 is 46.1. The van der Waals surface area contributed by atoms with Crippen molar-refractivity contribution < 1.29 is 23.0 Å². The van der Waals surface area contributed by atoms with Gasteiger partial charge in [-0.2, -0.15) is 0 Å². The van der Waals surface area contributed by atoms with Crippen LogP contribution in [0.4, 0.5) is 13.2 Å². The lowest BCUT2D eigenvalue weighted by Crippen LogP contribution is -2.21. The Hall–Kier alpha value is -2.01. The normalized spacial score (nSPS) is 21.2. The van der Waals surface area contributed by atoms with E-state index in [1.807, 2.05) is 0 Å². The van der Waals surface area contributed by atoms with E-state index in [1.165, 1.54) is 18.2 Å². The molecule has 5 heteroatoms. The maximum Gasteiger partial charge on any atom is 0.133 e. The van der Waals surface area contributed by atoms with E-state index in [0.717, 1.165) is 18.2 Å². The molecule has 2 atom stereocenters. The van der Waals surface area contributed by atoms with Crippen LogP contribution in [0.2, 0.25) is 0 Å². The third-order valence-electron chi connectivity index (χ3n) is 3.36.